The third-order valence-corrected chi connectivity index (χ3v) is 4.43. The summed E-state index contributed by atoms with van der Waals surface area (Å²) in [6, 6.07) is 19.3. The van der Waals surface area contributed by atoms with Gasteiger partial charge in [-0.05, 0) is 55.5 Å². The van der Waals surface area contributed by atoms with Crippen molar-refractivity contribution in [1.82, 2.24) is 14.8 Å². The lowest BCUT2D eigenvalue weighted by atomic mass is 10.1. The Morgan fingerprint density at radius 3 is 2.08 bits per heavy atom. The zero-order chi connectivity index (χ0) is 16.7. The van der Waals surface area contributed by atoms with Gasteiger partial charge in [0.05, 0.1) is 17.1 Å². The van der Waals surface area contributed by atoms with Crippen LogP contribution in [0, 0.1) is 6.92 Å². The van der Waals surface area contributed by atoms with Gasteiger partial charge < -0.3 is 0 Å². The van der Waals surface area contributed by atoms with E-state index in [9.17, 15) is 0 Å². The third kappa shape index (κ3) is 2.66. The van der Waals surface area contributed by atoms with Crippen molar-refractivity contribution in [3.8, 4) is 16.9 Å². The summed E-state index contributed by atoms with van der Waals surface area (Å²) in [6.07, 6.45) is 0. The second-order valence-corrected chi connectivity index (χ2v) is 6.42. The maximum absolute atomic E-state index is 5.98. The molecular formula is C19H13Cl2N3. The molecule has 0 saturated heterocycles. The molecule has 0 radical (unpaired) electrons. The number of hydrogen-bond acceptors (Lipinski definition) is 2. The molecule has 3 nitrogen and oxygen atoms in total. The molecule has 0 aliphatic heterocycles. The van der Waals surface area contributed by atoms with E-state index in [-0.39, 0.29) is 0 Å². The van der Waals surface area contributed by atoms with Crippen molar-refractivity contribution in [3.63, 3.8) is 0 Å². The molecule has 0 aliphatic carbocycles. The first-order valence-electron chi connectivity index (χ1n) is 7.50. The smallest absolute Gasteiger partial charge is 0.163 e. The summed E-state index contributed by atoms with van der Waals surface area (Å²) >= 11 is 12.0. The predicted octanol–water partition coefficient (Wildman–Crippen LogP) is 5.70. The van der Waals surface area contributed by atoms with Gasteiger partial charge in [0.15, 0.2) is 5.65 Å². The summed E-state index contributed by atoms with van der Waals surface area (Å²) in [5.74, 6) is 0. The zero-order valence-electron chi connectivity index (χ0n) is 12.9. The SMILES string of the molecule is Cc1nn(-c2ccc(Cl)cc2)c2nc(-c3ccc(Cl)cc3)ccc12. The van der Waals surface area contributed by atoms with Gasteiger partial charge in [-0.25, -0.2) is 9.67 Å². The topological polar surface area (TPSA) is 30.7 Å². The first-order chi connectivity index (χ1) is 11.6. The fourth-order valence-corrected chi connectivity index (χ4v) is 2.94. The number of halogens is 2. The molecule has 2 aromatic carbocycles. The van der Waals surface area contributed by atoms with Crippen molar-refractivity contribution in [2.75, 3.05) is 0 Å². The molecule has 24 heavy (non-hydrogen) atoms. The Morgan fingerprint density at radius 1 is 0.792 bits per heavy atom. The molecule has 0 bridgehead atoms. The Kier molecular flexibility index (Phi) is 3.75. The van der Waals surface area contributed by atoms with E-state index < -0.39 is 0 Å². The molecule has 0 spiro atoms. The predicted molar refractivity (Wildman–Crippen MR) is 99.1 cm³/mol. The van der Waals surface area contributed by atoms with E-state index >= 15 is 0 Å². The van der Waals surface area contributed by atoms with Crippen LogP contribution in [0.25, 0.3) is 28.0 Å². The van der Waals surface area contributed by atoms with Crippen LogP contribution in [0.15, 0.2) is 60.7 Å². The normalized spacial score (nSPS) is 11.1. The molecule has 2 aromatic heterocycles. The second-order valence-electron chi connectivity index (χ2n) is 5.55. The zero-order valence-corrected chi connectivity index (χ0v) is 14.4. The lowest BCUT2D eigenvalue weighted by molar-refractivity contribution is 0.878. The van der Waals surface area contributed by atoms with Crippen LogP contribution >= 0.6 is 23.2 Å². The number of aryl methyl sites for hydroxylation is 1. The highest BCUT2D eigenvalue weighted by atomic mass is 35.5. The van der Waals surface area contributed by atoms with E-state index in [2.05, 4.69) is 11.2 Å². The minimum absolute atomic E-state index is 0.696. The second kappa shape index (κ2) is 5.93. The molecule has 118 valence electrons. The highest BCUT2D eigenvalue weighted by Gasteiger charge is 2.12. The first-order valence-corrected chi connectivity index (χ1v) is 8.26. The minimum atomic E-state index is 0.696. The standard InChI is InChI=1S/C19H13Cl2N3/c1-12-17-10-11-18(13-2-4-14(20)5-3-13)22-19(17)24(23-12)16-8-6-15(21)7-9-16/h2-11H,1H3. The number of fused-ring (bicyclic) bond motifs is 1. The van der Waals surface area contributed by atoms with Crippen LogP contribution in [-0.4, -0.2) is 14.8 Å². The van der Waals surface area contributed by atoms with Gasteiger partial charge in [0.25, 0.3) is 0 Å². The molecule has 0 N–H and O–H groups in total. The average Bonchev–Trinajstić information content (AvgIpc) is 2.93. The van der Waals surface area contributed by atoms with E-state index in [1.807, 2.05) is 66.2 Å². The van der Waals surface area contributed by atoms with Crippen molar-refractivity contribution in [3.05, 3.63) is 76.4 Å². The summed E-state index contributed by atoms with van der Waals surface area (Å²) in [5.41, 5.74) is 4.59. The number of rotatable bonds is 2. The van der Waals surface area contributed by atoms with Gasteiger partial charge in [0.1, 0.15) is 0 Å². The molecule has 0 aliphatic rings. The van der Waals surface area contributed by atoms with Crippen LogP contribution in [0.1, 0.15) is 5.69 Å². The van der Waals surface area contributed by atoms with E-state index in [1.165, 1.54) is 0 Å². The molecule has 0 atom stereocenters. The number of aromatic nitrogens is 3. The number of hydrogen-bond donors (Lipinski definition) is 0. The quantitative estimate of drug-likeness (QED) is 0.462. The van der Waals surface area contributed by atoms with E-state index in [0.717, 1.165) is 33.7 Å². The molecule has 4 rings (SSSR count). The monoisotopic (exact) mass is 353 g/mol. The van der Waals surface area contributed by atoms with Crippen molar-refractivity contribution in [2.45, 2.75) is 6.92 Å². The fourth-order valence-electron chi connectivity index (χ4n) is 2.69. The number of pyridine rings is 1. The highest BCUT2D eigenvalue weighted by molar-refractivity contribution is 6.30. The molecular weight excluding hydrogens is 341 g/mol. The van der Waals surface area contributed by atoms with Gasteiger partial charge in [-0.2, -0.15) is 5.10 Å². The largest absolute Gasteiger partial charge is 0.228 e. The number of nitrogens with zero attached hydrogens (tertiary/aromatic N) is 3. The van der Waals surface area contributed by atoms with Crippen LogP contribution in [0.5, 0.6) is 0 Å². The average molecular weight is 354 g/mol. The Bertz CT molecular complexity index is 1020. The van der Waals surface area contributed by atoms with Crippen LogP contribution in [-0.2, 0) is 0 Å². The molecule has 5 heteroatoms. The Hall–Kier alpha value is -2.36. The van der Waals surface area contributed by atoms with Crippen LogP contribution in [0.3, 0.4) is 0 Å². The summed E-state index contributed by atoms with van der Waals surface area (Å²) in [5, 5.41) is 7.06. The third-order valence-electron chi connectivity index (χ3n) is 3.93. The van der Waals surface area contributed by atoms with Gasteiger partial charge >= 0.3 is 0 Å². The van der Waals surface area contributed by atoms with Gasteiger partial charge in [0.2, 0.25) is 0 Å². The molecule has 4 aromatic rings. The summed E-state index contributed by atoms with van der Waals surface area (Å²) in [6.45, 7) is 1.98. The minimum Gasteiger partial charge on any atom is -0.228 e. The molecule has 0 saturated carbocycles. The summed E-state index contributed by atoms with van der Waals surface area (Å²) < 4.78 is 1.85. The van der Waals surface area contributed by atoms with Crippen molar-refractivity contribution in [2.24, 2.45) is 0 Å². The Balaban J connectivity index is 1.90. The molecule has 2 heterocycles. The fraction of sp³-hybridized carbons (Fsp3) is 0.0526. The van der Waals surface area contributed by atoms with Crippen LogP contribution < -0.4 is 0 Å². The molecule has 0 fully saturated rings. The van der Waals surface area contributed by atoms with Crippen LogP contribution in [0.2, 0.25) is 10.0 Å². The van der Waals surface area contributed by atoms with Crippen molar-refractivity contribution < 1.29 is 0 Å². The van der Waals surface area contributed by atoms with E-state index in [4.69, 9.17) is 28.2 Å². The van der Waals surface area contributed by atoms with Gasteiger partial charge in [-0.15, -0.1) is 0 Å². The maximum atomic E-state index is 5.98. The van der Waals surface area contributed by atoms with Crippen molar-refractivity contribution in [1.29, 1.82) is 0 Å². The number of benzene rings is 2. The maximum Gasteiger partial charge on any atom is 0.163 e. The van der Waals surface area contributed by atoms with Crippen LogP contribution in [0.4, 0.5) is 0 Å². The van der Waals surface area contributed by atoms with Gasteiger partial charge in [-0.3, -0.25) is 0 Å². The summed E-state index contributed by atoms with van der Waals surface area (Å²) in [4.78, 5) is 4.82. The Morgan fingerprint density at radius 2 is 1.42 bits per heavy atom. The molecule has 0 unspecified atom stereocenters. The van der Waals surface area contributed by atoms with E-state index in [0.29, 0.717) is 10.0 Å². The van der Waals surface area contributed by atoms with Crippen molar-refractivity contribution >= 4 is 34.2 Å². The first kappa shape index (κ1) is 15.2. The Labute approximate surface area is 149 Å². The van der Waals surface area contributed by atoms with Gasteiger partial charge in [-0.1, -0.05) is 35.3 Å². The lowest BCUT2D eigenvalue weighted by Crippen LogP contribution is -1.98. The molecule has 0 amide bonds. The highest BCUT2D eigenvalue weighted by Crippen LogP contribution is 2.26. The van der Waals surface area contributed by atoms with Gasteiger partial charge in [0, 0.05) is 21.0 Å². The van der Waals surface area contributed by atoms with E-state index in [1.54, 1.807) is 0 Å². The summed E-state index contributed by atoms with van der Waals surface area (Å²) in [7, 11) is 0. The lowest BCUT2D eigenvalue weighted by Gasteiger charge is -2.05.